The molecule has 4 N–H and O–H groups in total. The number of benzene rings is 1. The number of anilines is 4. The van der Waals surface area contributed by atoms with E-state index >= 15 is 0 Å². The Morgan fingerprint density at radius 2 is 1.87 bits per heavy atom. The van der Waals surface area contributed by atoms with Gasteiger partial charge in [0.15, 0.2) is 16.8 Å². The summed E-state index contributed by atoms with van der Waals surface area (Å²) in [6, 6.07) is 6.14. The quantitative estimate of drug-likeness (QED) is 0.675. The Morgan fingerprint density at radius 3 is 2.57 bits per heavy atom. The molecule has 6 nitrogen and oxygen atoms in total. The molecule has 0 fully saturated rings. The molecule has 0 bridgehead atoms. The molecule has 2 heterocycles. The van der Waals surface area contributed by atoms with Gasteiger partial charge in [0.25, 0.3) is 0 Å². The minimum Gasteiger partial charge on any atom is -0.393 e. The second-order valence-corrected chi connectivity index (χ2v) is 7.46. The third-order valence-electron chi connectivity index (χ3n) is 3.22. The standard InChI is InChI=1S/C16H20N6S/c1-9-6-5-7-10-12(9)20-15(23-10)21-13-11(17)14(19-8-18-13)22-16(2,3)4/h5-8H,17H2,1-4H3,(H2,18,19,20,21,22). The molecule has 0 unspecified atom stereocenters. The lowest BCUT2D eigenvalue weighted by atomic mass is 10.1. The van der Waals surface area contributed by atoms with Crippen molar-refractivity contribution in [2.45, 2.75) is 33.2 Å². The predicted molar refractivity (Wildman–Crippen MR) is 97.5 cm³/mol. The summed E-state index contributed by atoms with van der Waals surface area (Å²) in [4.78, 5) is 13.1. The lowest BCUT2D eigenvalue weighted by Gasteiger charge is -2.22. The molecule has 2 aromatic heterocycles. The third kappa shape index (κ3) is 3.34. The Balaban J connectivity index is 1.92. The van der Waals surface area contributed by atoms with Crippen molar-refractivity contribution < 1.29 is 0 Å². The Bertz CT molecular complexity index is 849. The number of nitrogens with two attached hydrogens (primary N) is 1. The molecule has 0 radical (unpaired) electrons. The number of aryl methyl sites for hydroxylation is 1. The monoisotopic (exact) mass is 328 g/mol. The first-order chi connectivity index (χ1) is 10.8. The average molecular weight is 328 g/mol. The summed E-state index contributed by atoms with van der Waals surface area (Å²) in [5.74, 6) is 1.18. The fourth-order valence-electron chi connectivity index (χ4n) is 2.19. The zero-order chi connectivity index (χ0) is 16.6. The molecular formula is C16H20N6S. The van der Waals surface area contributed by atoms with E-state index < -0.39 is 0 Å². The van der Waals surface area contributed by atoms with Crippen LogP contribution in [0.1, 0.15) is 26.3 Å². The molecule has 0 saturated carbocycles. The number of para-hydroxylation sites is 1. The number of rotatable bonds is 3. The third-order valence-corrected chi connectivity index (χ3v) is 4.16. The molecule has 0 saturated heterocycles. The van der Waals surface area contributed by atoms with Gasteiger partial charge in [0, 0.05) is 5.54 Å². The van der Waals surface area contributed by atoms with Crippen molar-refractivity contribution in [1.29, 1.82) is 0 Å². The van der Waals surface area contributed by atoms with Crippen molar-refractivity contribution in [2.24, 2.45) is 0 Å². The van der Waals surface area contributed by atoms with Crippen LogP contribution < -0.4 is 16.4 Å². The van der Waals surface area contributed by atoms with E-state index in [9.17, 15) is 0 Å². The van der Waals surface area contributed by atoms with Gasteiger partial charge in [-0.15, -0.1) is 0 Å². The van der Waals surface area contributed by atoms with Gasteiger partial charge in [0.05, 0.1) is 10.2 Å². The Labute approximate surface area is 139 Å². The second-order valence-electron chi connectivity index (χ2n) is 6.43. The summed E-state index contributed by atoms with van der Waals surface area (Å²) in [6.07, 6.45) is 1.49. The molecule has 3 aromatic rings. The summed E-state index contributed by atoms with van der Waals surface area (Å²) in [7, 11) is 0. The van der Waals surface area contributed by atoms with Crippen molar-refractivity contribution in [1.82, 2.24) is 15.0 Å². The van der Waals surface area contributed by atoms with Crippen molar-refractivity contribution in [3.63, 3.8) is 0 Å². The number of nitrogens with zero attached hydrogens (tertiary/aromatic N) is 3. The maximum absolute atomic E-state index is 6.19. The molecule has 0 aliphatic carbocycles. The number of aromatic nitrogens is 3. The molecule has 7 heteroatoms. The van der Waals surface area contributed by atoms with Crippen LogP contribution in [-0.4, -0.2) is 20.5 Å². The summed E-state index contributed by atoms with van der Waals surface area (Å²) >= 11 is 1.58. The van der Waals surface area contributed by atoms with E-state index in [4.69, 9.17) is 5.73 Å². The average Bonchev–Trinajstić information content (AvgIpc) is 2.86. The topological polar surface area (TPSA) is 88.8 Å². The molecule has 0 aliphatic heterocycles. The zero-order valence-corrected chi connectivity index (χ0v) is 14.5. The van der Waals surface area contributed by atoms with Crippen LogP contribution in [0.5, 0.6) is 0 Å². The molecule has 1 aromatic carbocycles. The molecule has 0 atom stereocenters. The van der Waals surface area contributed by atoms with Crippen LogP contribution >= 0.6 is 11.3 Å². The zero-order valence-electron chi connectivity index (χ0n) is 13.6. The van der Waals surface area contributed by atoms with Crippen LogP contribution in [0.2, 0.25) is 0 Å². The fourth-order valence-corrected chi connectivity index (χ4v) is 3.13. The number of nitrogens with one attached hydrogen (secondary N) is 2. The van der Waals surface area contributed by atoms with Gasteiger partial charge in [0.1, 0.15) is 12.0 Å². The first-order valence-electron chi connectivity index (χ1n) is 7.35. The normalized spacial score (nSPS) is 11.7. The van der Waals surface area contributed by atoms with E-state index in [0.717, 1.165) is 20.9 Å². The van der Waals surface area contributed by atoms with E-state index in [0.29, 0.717) is 17.3 Å². The van der Waals surface area contributed by atoms with Gasteiger partial charge in [-0.1, -0.05) is 23.5 Å². The van der Waals surface area contributed by atoms with Crippen LogP contribution in [0, 0.1) is 6.92 Å². The van der Waals surface area contributed by atoms with Gasteiger partial charge in [-0.25, -0.2) is 15.0 Å². The lowest BCUT2D eigenvalue weighted by Crippen LogP contribution is -2.27. The van der Waals surface area contributed by atoms with Crippen molar-refractivity contribution in [2.75, 3.05) is 16.4 Å². The van der Waals surface area contributed by atoms with Crippen LogP contribution in [-0.2, 0) is 0 Å². The van der Waals surface area contributed by atoms with Gasteiger partial charge in [-0.2, -0.15) is 0 Å². The van der Waals surface area contributed by atoms with Gasteiger partial charge >= 0.3 is 0 Å². The summed E-state index contributed by atoms with van der Waals surface area (Å²) in [6.45, 7) is 8.21. The summed E-state index contributed by atoms with van der Waals surface area (Å²) in [5, 5.41) is 7.25. The van der Waals surface area contributed by atoms with Crippen molar-refractivity contribution in [3.05, 3.63) is 30.1 Å². The van der Waals surface area contributed by atoms with Gasteiger partial charge in [-0.3, -0.25) is 0 Å². The maximum Gasteiger partial charge on any atom is 0.189 e. The van der Waals surface area contributed by atoms with Crippen LogP contribution in [0.15, 0.2) is 24.5 Å². The lowest BCUT2D eigenvalue weighted by molar-refractivity contribution is 0.630. The summed E-state index contributed by atoms with van der Waals surface area (Å²) in [5.41, 5.74) is 8.69. The first-order valence-corrected chi connectivity index (χ1v) is 8.17. The molecule has 0 amide bonds. The molecular weight excluding hydrogens is 308 g/mol. The molecule has 120 valence electrons. The Kier molecular flexibility index (Phi) is 3.81. The smallest absolute Gasteiger partial charge is 0.189 e. The van der Waals surface area contributed by atoms with E-state index in [-0.39, 0.29) is 5.54 Å². The van der Waals surface area contributed by atoms with E-state index in [1.165, 1.54) is 6.33 Å². The Morgan fingerprint density at radius 1 is 1.13 bits per heavy atom. The highest BCUT2D eigenvalue weighted by Crippen LogP contribution is 2.32. The first kappa shape index (κ1) is 15.5. The highest BCUT2D eigenvalue weighted by molar-refractivity contribution is 7.22. The van der Waals surface area contributed by atoms with E-state index in [1.54, 1.807) is 11.3 Å². The fraction of sp³-hybridized carbons (Fsp3) is 0.312. The number of fused-ring (bicyclic) bond motifs is 1. The second kappa shape index (κ2) is 5.66. The van der Waals surface area contributed by atoms with Gasteiger partial charge < -0.3 is 16.4 Å². The van der Waals surface area contributed by atoms with Crippen molar-refractivity contribution in [3.8, 4) is 0 Å². The number of hydrogen-bond acceptors (Lipinski definition) is 7. The van der Waals surface area contributed by atoms with Crippen molar-refractivity contribution >= 4 is 44.0 Å². The van der Waals surface area contributed by atoms with Gasteiger partial charge in [-0.05, 0) is 39.3 Å². The molecule has 0 spiro atoms. The highest BCUT2D eigenvalue weighted by Gasteiger charge is 2.16. The highest BCUT2D eigenvalue weighted by atomic mass is 32.1. The minimum absolute atomic E-state index is 0.132. The van der Waals surface area contributed by atoms with E-state index in [2.05, 4.69) is 65.4 Å². The summed E-state index contributed by atoms with van der Waals surface area (Å²) < 4.78 is 1.13. The largest absolute Gasteiger partial charge is 0.393 e. The van der Waals surface area contributed by atoms with E-state index in [1.807, 2.05) is 6.07 Å². The number of thiazole rings is 1. The molecule has 23 heavy (non-hydrogen) atoms. The molecule has 0 aliphatic rings. The number of nitrogen functional groups attached to an aromatic ring is 1. The SMILES string of the molecule is Cc1cccc2sc(Nc3ncnc(NC(C)(C)C)c3N)nc12. The minimum atomic E-state index is -0.132. The maximum atomic E-state index is 6.19. The van der Waals surface area contributed by atoms with Crippen LogP contribution in [0.4, 0.5) is 22.5 Å². The van der Waals surface area contributed by atoms with Crippen LogP contribution in [0.3, 0.4) is 0 Å². The Hall–Kier alpha value is -2.41. The van der Waals surface area contributed by atoms with Gasteiger partial charge in [0.2, 0.25) is 0 Å². The molecule has 3 rings (SSSR count). The number of hydrogen-bond donors (Lipinski definition) is 3. The predicted octanol–water partition coefficient (Wildman–Crippen LogP) is 3.93. The van der Waals surface area contributed by atoms with Crippen LogP contribution in [0.25, 0.3) is 10.2 Å².